The van der Waals surface area contributed by atoms with Crippen LogP contribution in [-0.4, -0.2) is 21.4 Å². The Morgan fingerprint density at radius 1 is 1.37 bits per heavy atom. The summed E-state index contributed by atoms with van der Waals surface area (Å²) in [6, 6.07) is 7.52. The van der Waals surface area contributed by atoms with E-state index in [9.17, 15) is 4.79 Å². The monoisotopic (exact) mass is 318 g/mol. The lowest BCUT2D eigenvalue weighted by molar-refractivity contribution is -0.116. The van der Waals surface area contributed by atoms with Gasteiger partial charge in [-0.25, -0.2) is 5.01 Å². The molecule has 0 saturated carbocycles. The van der Waals surface area contributed by atoms with E-state index in [4.69, 9.17) is 0 Å². The molecule has 1 aromatic heterocycles. The van der Waals surface area contributed by atoms with Crippen LogP contribution < -0.4 is 5.01 Å². The highest BCUT2D eigenvalue weighted by atomic mass is 79.9. The molecule has 0 bridgehead atoms. The van der Waals surface area contributed by atoms with E-state index in [0.29, 0.717) is 6.42 Å². The number of benzene rings is 1. The topological polar surface area (TPSA) is 50.5 Å². The lowest BCUT2D eigenvalue weighted by atomic mass is 10.1. The summed E-state index contributed by atoms with van der Waals surface area (Å²) in [6.45, 7) is 0. The quantitative estimate of drug-likeness (QED) is 0.853. The van der Waals surface area contributed by atoms with Crippen molar-refractivity contribution in [1.29, 1.82) is 0 Å². The van der Waals surface area contributed by atoms with Gasteiger partial charge in [0, 0.05) is 23.3 Å². The van der Waals surface area contributed by atoms with Gasteiger partial charge in [0.05, 0.1) is 24.0 Å². The number of anilines is 1. The second-order valence-corrected chi connectivity index (χ2v) is 5.23. The summed E-state index contributed by atoms with van der Waals surface area (Å²) < 4.78 is 2.62. The number of halogens is 1. The first-order valence-corrected chi connectivity index (χ1v) is 6.58. The summed E-state index contributed by atoms with van der Waals surface area (Å²) in [6.07, 6.45) is 3.88. The Bertz CT molecular complexity index is 677. The molecule has 0 spiro atoms. The van der Waals surface area contributed by atoms with Crippen LogP contribution in [0.15, 0.2) is 46.2 Å². The Hall–Kier alpha value is -1.95. The fraction of sp³-hybridized carbons (Fsp3) is 0.154. The zero-order chi connectivity index (χ0) is 13.4. The molecule has 96 valence electrons. The number of hydrogen-bond acceptors (Lipinski definition) is 3. The summed E-state index contributed by atoms with van der Waals surface area (Å²) in [5.41, 5.74) is 2.39. The summed E-state index contributed by atoms with van der Waals surface area (Å²) in [4.78, 5) is 12.0. The van der Waals surface area contributed by atoms with Crippen LogP contribution in [0.4, 0.5) is 5.69 Å². The Kier molecular flexibility index (Phi) is 2.94. The molecule has 0 unspecified atom stereocenters. The number of hydrogen-bond donors (Lipinski definition) is 0. The number of amides is 1. The molecule has 1 aliphatic rings. The van der Waals surface area contributed by atoms with Crippen molar-refractivity contribution >= 4 is 33.2 Å². The first-order chi connectivity index (χ1) is 9.13. The van der Waals surface area contributed by atoms with Gasteiger partial charge in [0.15, 0.2) is 0 Å². The third-order valence-corrected chi connectivity index (χ3v) is 3.36. The smallest absolute Gasteiger partial charge is 0.253 e. The number of hydrazone groups is 1. The highest BCUT2D eigenvalue weighted by Gasteiger charge is 2.26. The van der Waals surface area contributed by atoms with Gasteiger partial charge in [0.1, 0.15) is 0 Å². The summed E-state index contributed by atoms with van der Waals surface area (Å²) in [5.74, 6) is -0.0306. The Morgan fingerprint density at radius 3 is 2.89 bits per heavy atom. The van der Waals surface area contributed by atoms with E-state index in [1.807, 2.05) is 37.5 Å². The largest absolute Gasteiger partial charge is 0.275 e. The number of aryl methyl sites for hydroxylation is 1. The van der Waals surface area contributed by atoms with Crippen LogP contribution in [-0.2, 0) is 11.8 Å². The molecular weight excluding hydrogens is 308 g/mol. The van der Waals surface area contributed by atoms with E-state index in [-0.39, 0.29) is 5.91 Å². The number of rotatable bonds is 2. The minimum atomic E-state index is -0.0306. The van der Waals surface area contributed by atoms with E-state index >= 15 is 0 Å². The first kappa shape index (κ1) is 12.1. The van der Waals surface area contributed by atoms with Gasteiger partial charge in [-0.05, 0) is 18.2 Å². The van der Waals surface area contributed by atoms with Gasteiger partial charge in [-0.2, -0.15) is 10.2 Å². The Morgan fingerprint density at radius 2 is 2.21 bits per heavy atom. The van der Waals surface area contributed by atoms with Crippen LogP contribution in [0.25, 0.3) is 0 Å². The molecule has 1 aromatic carbocycles. The van der Waals surface area contributed by atoms with Gasteiger partial charge in [-0.15, -0.1) is 0 Å². The molecule has 2 aromatic rings. The Labute approximate surface area is 118 Å². The number of nitrogens with zero attached hydrogens (tertiary/aromatic N) is 4. The molecule has 0 radical (unpaired) electrons. The van der Waals surface area contributed by atoms with Crippen molar-refractivity contribution in [2.75, 3.05) is 5.01 Å². The van der Waals surface area contributed by atoms with Gasteiger partial charge < -0.3 is 0 Å². The Balaban J connectivity index is 1.95. The second kappa shape index (κ2) is 4.62. The highest BCUT2D eigenvalue weighted by molar-refractivity contribution is 9.10. The molecule has 5 nitrogen and oxygen atoms in total. The van der Waals surface area contributed by atoms with E-state index in [0.717, 1.165) is 21.4 Å². The minimum Gasteiger partial charge on any atom is -0.275 e. The van der Waals surface area contributed by atoms with Crippen LogP contribution in [0.5, 0.6) is 0 Å². The molecule has 0 atom stereocenters. The van der Waals surface area contributed by atoms with Crippen LogP contribution in [0.2, 0.25) is 0 Å². The maximum absolute atomic E-state index is 12.0. The van der Waals surface area contributed by atoms with Crippen molar-refractivity contribution in [3.8, 4) is 0 Å². The molecule has 1 amide bonds. The molecule has 2 heterocycles. The lowest BCUT2D eigenvalue weighted by Gasteiger charge is -2.11. The number of carbonyl (C=O) groups excluding carboxylic acids is 1. The third kappa shape index (κ3) is 2.31. The summed E-state index contributed by atoms with van der Waals surface area (Å²) >= 11 is 3.39. The maximum Gasteiger partial charge on any atom is 0.253 e. The van der Waals surface area contributed by atoms with Crippen molar-refractivity contribution in [2.45, 2.75) is 6.42 Å². The molecule has 0 fully saturated rings. The van der Waals surface area contributed by atoms with Crippen LogP contribution in [0, 0.1) is 0 Å². The fourth-order valence-corrected chi connectivity index (χ4v) is 2.36. The van der Waals surface area contributed by atoms with Crippen molar-refractivity contribution in [3.05, 3.63) is 46.7 Å². The number of carbonyl (C=O) groups is 1. The van der Waals surface area contributed by atoms with Crippen molar-refractivity contribution < 1.29 is 4.79 Å². The zero-order valence-electron chi connectivity index (χ0n) is 10.2. The van der Waals surface area contributed by atoms with Crippen LogP contribution >= 0.6 is 15.9 Å². The second-order valence-electron chi connectivity index (χ2n) is 4.31. The van der Waals surface area contributed by atoms with Crippen molar-refractivity contribution in [1.82, 2.24) is 9.78 Å². The van der Waals surface area contributed by atoms with Gasteiger partial charge in [-0.1, -0.05) is 22.0 Å². The predicted octanol–water partition coefficient (Wildman–Crippen LogP) is 2.32. The third-order valence-electron chi connectivity index (χ3n) is 2.87. The summed E-state index contributed by atoms with van der Waals surface area (Å²) in [5, 5.41) is 9.92. The predicted molar refractivity (Wildman–Crippen MR) is 76.0 cm³/mol. The molecule has 6 heteroatoms. The van der Waals surface area contributed by atoms with Gasteiger partial charge in [-0.3, -0.25) is 9.48 Å². The van der Waals surface area contributed by atoms with Gasteiger partial charge in [0.25, 0.3) is 5.91 Å². The van der Waals surface area contributed by atoms with E-state index in [2.05, 4.69) is 26.1 Å². The average Bonchev–Trinajstić information content (AvgIpc) is 2.95. The van der Waals surface area contributed by atoms with Crippen LogP contribution in [0.1, 0.15) is 12.0 Å². The molecule has 3 rings (SSSR count). The molecule has 0 N–H and O–H groups in total. The lowest BCUT2D eigenvalue weighted by Crippen LogP contribution is -2.19. The van der Waals surface area contributed by atoms with E-state index < -0.39 is 0 Å². The highest BCUT2D eigenvalue weighted by Crippen LogP contribution is 2.25. The normalized spacial score (nSPS) is 14.9. The number of aromatic nitrogens is 2. The van der Waals surface area contributed by atoms with Crippen molar-refractivity contribution in [3.63, 3.8) is 0 Å². The summed E-state index contributed by atoms with van der Waals surface area (Å²) in [7, 11) is 1.84. The maximum atomic E-state index is 12.0. The zero-order valence-corrected chi connectivity index (χ0v) is 11.8. The van der Waals surface area contributed by atoms with Crippen LogP contribution in [0.3, 0.4) is 0 Å². The average molecular weight is 319 g/mol. The minimum absolute atomic E-state index is 0.0306. The van der Waals surface area contributed by atoms with Gasteiger partial charge >= 0.3 is 0 Å². The SMILES string of the molecule is Cn1cc(C2=NN(c3cccc(Br)c3)C(=O)C2)cn1. The standard InChI is InChI=1S/C13H11BrN4O/c1-17-8-9(7-15-17)12-6-13(19)18(16-12)11-4-2-3-10(14)5-11/h2-5,7-8H,6H2,1H3. The molecule has 19 heavy (non-hydrogen) atoms. The molecular formula is C13H11BrN4O. The van der Waals surface area contributed by atoms with Gasteiger partial charge in [0.2, 0.25) is 0 Å². The first-order valence-electron chi connectivity index (χ1n) is 5.78. The van der Waals surface area contributed by atoms with Crippen molar-refractivity contribution in [2.24, 2.45) is 12.1 Å². The molecule has 0 saturated heterocycles. The molecule has 1 aliphatic heterocycles. The fourth-order valence-electron chi connectivity index (χ4n) is 1.97. The van der Waals surface area contributed by atoms with E-state index in [1.54, 1.807) is 10.9 Å². The van der Waals surface area contributed by atoms with E-state index in [1.165, 1.54) is 5.01 Å². The molecule has 0 aliphatic carbocycles.